The Morgan fingerprint density at radius 2 is 2.22 bits per heavy atom. The fraction of sp³-hybridized carbons (Fsp3) is 0.273. The molecule has 0 radical (unpaired) electrons. The second-order valence-corrected chi connectivity index (χ2v) is 4.28. The molecule has 0 amide bonds. The Hall–Kier alpha value is -2.44. The van der Waals surface area contributed by atoms with Crippen LogP contribution in [0.2, 0.25) is 0 Å². The Kier molecular flexibility index (Phi) is 2.09. The zero-order valence-corrected chi connectivity index (χ0v) is 9.33. The number of pyridine rings is 1. The van der Waals surface area contributed by atoms with Crippen molar-refractivity contribution < 1.29 is 9.90 Å². The number of aromatic nitrogens is 3. The zero-order valence-electron chi connectivity index (χ0n) is 9.33. The number of hydrogen-bond acceptors (Lipinski definition) is 5. The largest absolute Gasteiger partial charge is 0.477 e. The molecule has 0 spiro atoms. The molecule has 0 bridgehead atoms. The summed E-state index contributed by atoms with van der Waals surface area (Å²) in [4.78, 5) is 30.8. The maximum atomic E-state index is 12.0. The van der Waals surface area contributed by atoms with Gasteiger partial charge in [-0.3, -0.25) is 4.79 Å². The molecule has 3 rings (SSSR count). The maximum Gasteiger partial charge on any atom is 0.341 e. The Morgan fingerprint density at radius 1 is 1.50 bits per heavy atom. The molecule has 18 heavy (non-hydrogen) atoms. The van der Waals surface area contributed by atoms with E-state index in [1.54, 1.807) is 4.57 Å². The second-order valence-electron chi connectivity index (χ2n) is 4.28. The predicted octanol–water partition coefficient (Wildman–Crippen LogP) is 0.407. The van der Waals surface area contributed by atoms with Crippen LogP contribution < -0.4 is 11.2 Å². The van der Waals surface area contributed by atoms with Crippen LogP contribution in [0.4, 0.5) is 5.95 Å². The van der Waals surface area contributed by atoms with Crippen molar-refractivity contribution in [3.8, 4) is 0 Å². The minimum atomic E-state index is -1.24. The maximum absolute atomic E-state index is 12.0. The highest BCUT2D eigenvalue weighted by Crippen LogP contribution is 2.36. The van der Waals surface area contributed by atoms with E-state index < -0.39 is 11.4 Å². The van der Waals surface area contributed by atoms with Crippen LogP contribution in [0.5, 0.6) is 0 Å². The summed E-state index contributed by atoms with van der Waals surface area (Å²) < 4.78 is 1.71. The van der Waals surface area contributed by atoms with E-state index in [-0.39, 0.29) is 22.9 Å². The van der Waals surface area contributed by atoms with Crippen LogP contribution in [0.25, 0.3) is 11.0 Å². The number of hydrogen-bond donors (Lipinski definition) is 2. The molecule has 2 heterocycles. The van der Waals surface area contributed by atoms with E-state index in [2.05, 4.69) is 9.97 Å². The average Bonchev–Trinajstić information content (AvgIpc) is 3.13. The first-order valence-electron chi connectivity index (χ1n) is 5.48. The lowest BCUT2D eigenvalue weighted by Crippen LogP contribution is -2.20. The molecule has 2 aromatic heterocycles. The standard InChI is InChI=1S/C11H10N4O3/c12-11-13-3-6-8(16)7(10(17)18)4-15(5-1-2-5)9(6)14-11/h3-5H,1-2H2,(H,17,18)(H2,12,13,14). The quantitative estimate of drug-likeness (QED) is 0.793. The number of carboxylic acid groups (broad SMARTS) is 1. The molecule has 0 unspecified atom stereocenters. The second kappa shape index (κ2) is 3.52. The van der Waals surface area contributed by atoms with Gasteiger partial charge in [-0.25, -0.2) is 9.78 Å². The highest BCUT2D eigenvalue weighted by atomic mass is 16.4. The predicted molar refractivity (Wildman–Crippen MR) is 63.4 cm³/mol. The average molecular weight is 246 g/mol. The number of anilines is 1. The Bertz CT molecular complexity index is 718. The summed E-state index contributed by atoms with van der Waals surface area (Å²) >= 11 is 0. The van der Waals surface area contributed by atoms with Gasteiger partial charge in [-0.05, 0) is 12.8 Å². The van der Waals surface area contributed by atoms with Crippen molar-refractivity contribution in [1.29, 1.82) is 0 Å². The number of fused-ring (bicyclic) bond motifs is 1. The summed E-state index contributed by atoms with van der Waals surface area (Å²) in [6, 6.07) is 0.195. The van der Waals surface area contributed by atoms with Crippen molar-refractivity contribution in [2.45, 2.75) is 18.9 Å². The first-order chi connectivity index (χ1) is 8.58. The summed E-state index contributed by atoms with van der Waals surface area (Å²) in [5.41, 5.74) is 5.07. The van der Waals surface area contributed by atoms with Gasteiger partial charge in [0.15, 0.2) is 0 Å². The number of aromatic carboxylic acids is 1. The van der Waals surface area contributed by atoms with Crippen molar-refractivity contribution in [3.05, 3.63) is 28.2 Å². The number of nitrogens with two attached hydrogens (primary N) is 1. The summed E-state index contributed by atoms with van der Waals surface area (Å²) in [5.74, 6) is -1.17. The van der Waals surface area contributed by atoms with E-state index in [9.17, 15) is 9.59 Å². The lowest BCUT2D eigenvalue weighted by Gasteiger charge is -2.10. The van der Waals surface area contributed by atoms with Gasteiger partial charge < -0.3 is 15.4 Å². The molecule has 0 aromatic carbocycles. The van der Waals surface area contributed by atoms with Gasteiger partial charge in [0.2, 0.25) is 11.4 Å². The van der Waals surface area contributed by atoms with Crippen molar-refractivity contribution in [2.75, 3.05) is 5.73 Å². The minimum Gasteiger partial charge on any atom is -0.477 e. The number of nitrogen functional groups attached to an aromatic ring is 1. The molecule has 1 fully saturated rings. The molecule has 1 aliphatic rings. The van der Waals surface area contributed by atoms with Crippen molar-refractivity contribution in [1.82, 2.24) is 14.5 Å². The van der Waals surface area contributed by atoms with Gasteiger partial charge in [0.25, 0.3) is 0 Å². The van der Waals surface area contributed by atoms with E-state index >= 15 is 0 Å². The van der Waals surface area contributed by atoms with E-state index in [1.807, 2.05) is 0 Å². The number of carboxylic acids is 1. The van der Waals surface area contributed by atoms with Crippen LogP contribution in [0.1, 0.15) is 29.2 Å². The van der Waals surface area contributed by atoms with Crippen LogP contribution in [-0.4, -0.2) is 25.6 Å². The van der Waals surface area contributed by atoms with E-state index in [0.29, 0.717) is 5.65 Å². The molecule has 1 aliphatic carbocycles. The lowest BCUT2D eigenvalue weighted by atomic mass is 10.2. The molecule has 0 atom stereocenters. The summed E-state index contributed by atoms with van der Waals surface area (Å²) in [7, 11) is 0. The van der Waals surface area contributed by atoms with Gasteiger partial charge in [0.05, 0.1) is 5.39 Å². The molecule has 92 valence electrons. The zero-order chi connectivity index (χ0) is 12.9. The third kappa shape index (κ3) is 1.52. The summed E-state index contributed by atoms with van der Waals surface area (Å²) in [5, 5.41) is 9.22. The van der Waals surface area contributed by atoms with E-state index in [4.69, 9.17) is 10.8 Å². The molecule has 0 aliphatic heterocycles. The first kappa shape index (κ1) is 10.7. The van der Waals surface area contributed by atoms with Crippen LogP contribution in [0.15, 0.2) is 17.2 Å². The summed E-state index contributed by atoms with van der Waals surface area (Å²) in [6.45, 7) is 0. The van der Waals surface area contributed by atoms with Gasteiger partial charge in [0.1, 0.15) is 11.2 Å². The Labute approximate surface area is 101 Å². The van der Waals surface area contributed by atoms with Crippen LogP contribution in [-0.2, 0) is 0 Å². The van der Waals surface area contributed by atoms with Crippen LogP contribution >= 0.6 is 0 Å². The molecular formula is C11H10N4O3. The van der Waals surface area contributed by atoms with Crippen molar-refractivity contribution >= 4 is 23.0 Å². The van der Waals surface area contributed by atoms with E-state index in [1.165, 1.54) is 12.4 Å². The fourth-order valence-corrected chi connectivity index (χ4v) is 1.93. The molecule has 1 saturated carbocycles. The Morgan fingerprint density at radius 3 is 2.83 bits per heavy atom. The molecule has 7 nitrogen and oxygen atoms in total. The lowest BCUT2D eigenvalue weighted by molar-refractivity contribution is 0.0695. The highest BCUT2D eigenvalue weighted by molar-refractivity contribution is 5.91. The van der Waals surface area contributed by atoms with Crippen molar-refractivity contribution in [3.63, 3.8) is 0 Å². The smallest absolute Gasteiger partial charge is 0.341 e. The van der Waals surface area contributed by atoms with Gasteiger partial charge in [-0.15, -0.1) is 0 Å². The topological polar surface area (TPSA) is 111 Å². The SMILES string of the molecule is Nc1ncc2c(=O)c(C(=O)O)cn(C3CC3)c2n1. The molecule has 0 saturated heterocycles. The van der Waals surface area contributed by atoms with Gasteiger partial charge in [-0.1, -0.05) is 0 Å². The van der Waals surface area contributed by atoms with Crippen molar-refractivity contribution in [2.24, 2.45) is 0 Å². The number of rotatable bonds is 2. The van der Waals surface area contributed by atoms with E-state index in [0.717, 1.165) is 12.8 Å². The van der Waals surface area contributed by atoms with Gasteiger partial charge >= 0.3 is 5.97 Å². The van der Waals surface area contributed by atoms with Crippen LogP contribution in [0.3, 0.4) is 0 Å². The van der Waals surface area contributed by atoms with Gasteiger partial charge in [-0.2, -0.15) is 4.98 Å². The van der Waals surface area contributed by atoms with Crippen LogP contribution in [0, 0.1) is 0 Å². The number of carbonyl (C=O) groups is 1. The molecule has 7 heteroatoms. The highest BCUT2D eigenvalue weighted by Gasteiger charge is 2.27. The summed E-state index contributed by atoms with van der Waals surface area (Å²) in [6.07, 6.45) is 4.52. The molecular weight excluding hydrogens is 236 g/mol. The monoisotopic (exact) mass is 246 g/mol. The molecule has 3 N–H and O–H groups in total. The third-order valence-corrected chi connectivity index (χ3v) is 2.96. The fourth-order valence-electron chi connectivity index (χ4n) is 1.93. The minimum absolute atomic E-state index is 0.0689. The normalized spacial score (nSPS) is 14.9. The van der Waals surface area contributed by atoms with Gasteiger partial charge in [0, 0.05) is 18.4 Å². The molecule has 2 aromatic rings. The first-order valence-corrected chi connectivity index (χ1v) is 5.48. The number of nitrogens with zero attached hydrogens (tertiary/aromatic N) is 3. The Balaban J connectivity index is 2.43. The third-order valence-electron chi connectivity index (χ3n) is 2.96.